The summed E-state index contributed by atoms with van der Waals surface area (Å²) in [6, 6.07) is 62.6. The summed E-state index contributed by atoms with van der Waals surface area (Å²) in [6.45, 7) is 7.92. The van der Waals surface area contributed by atoms with E-state index in [2.05, 4.69) is 122 Å². The molecule has 2 N–H and O–H groups in total. The first-order chi connectivity index (χ1) is 30.6. The molecule has 62 heavy (non-hydrogen) atoms. The number of aromatic nitrogens is 5. The SMILES string of the molecule is C=CC=C(C=C)N(c1ccccc1)c1ccc(-c2cccc(N)c2N=Nc2ccc(-n3nc4cccc(-c5ccc(N(c6ccccc6)c6ccccc6)cc5)c4n3)nn2)cc1. The maximum atomic E-state index is 6.48. The summed E-state index contributed by atoms with van der Waals surface area (Å²) in [4.78, 5) is 5.84. The highest BCUT2D eigenvalue weighted by molar-refractivity contribution is 5.92. The van der Waals surface area contributed by atoms with Crippen molar-refractivity contribution >= 4 is 56.7 Å². The van der Waals surface area contributed by atoms with Crippen LogP contribution in [0.3, 0.4) is 0 Å². The highest BCUT2D eigenvalue weighted by atomic mass is 15.5. The van der Waals surface area contributed by atoms with Gasteiger partial charge in [-0.1, -0.05) is 122 Å². The Morgan fingerprint density at radius 3 is 1.71 bits per heavy atom. The molecule has 0 aliphatic heterocycles. The second-order valence-corrected chi connectivity index (χ2v) is 14.2. The van der Waals surface area contributed by atoms with Crippen molar-refractivity contribution < 1.29 is 0 Å². The molecule has 0 saturated heterocycles. The first-order valence-corrected chi connectivity index (χ1v) is 20.0. The zero-order valence-corrected chi connectivity index (χ0v) is 33.6. The summed E-state index contributed by atoms with van der Waals surface area (Å²) in [5.74, 6) is 0.746. The van der Waals surface area contributed by atoms with E-state index in [1.165, 1.54) is 4.80 Å². The molecule has 9 rings (SSSR count). The second-order valence-electron chi connectivity index (χ2n) is 14.2. The predicted molar refractivity (Wildman–Crippen MR) is 252 cm³/mol. The van der Waals surface area contributed by atoms with Crippen LogP contribution in [-0.4, -0.2) is 25.2 Å². The smallest absolute Gasteiger partial charge is 0.196 e. The summed E-state index contributed by atoms with van der Waals surface area (Å²) in [5, 5.41) is 27.4. The van der Waals surface area contributed by atoms with Crippen LogP contribution in [0, 0.1) is 0 Å². The van der Waals surface area contributed by atoms with E-state index in [1.807, 2.05) is 103 Å². The van der Waals surface area contributed by atoms with Crippen LogP contribution in [0.2, 0.25) is 0 Å². The van der Waals surface area contributed by atoms with Crippen molar-refractivity contribution in [3.8, 4) is 28.1 Å². The van der Waals surface area contributed by atoms with Gasteiger partial charge in [-0.25, -0.2) is 0 Å². The molecule has 0 fully saturated rings. The molecule has 0 radical (unpaired) electrons. The summed E-state index contributed by atoms with van der Waals surface area (Å²) >= 11 is 0. The number of azo groups is 1. The Hall–Kier alpha value is -8.76. The molecule has 0 unspecified atom stereocenters. The number of anilines is 6. The number of hydrogen-bond acceptors (Lipinski definition) is 9. The van der Waals surface area contributed by atoms with Crippen LogP contribution < -0.4 is 15.5 Å². The van der Waals surface area contributed by atoms with Crippen LogP contribution in [0.15, 0.2) is 235 Å². The highest BCUT2D eigenvalue weighted by Crippen LogP contribution is 2.39. The zero-order chi connectivity index (χ0) is 42.3. The lowest BCUT2D eigenvalue weighted by molar-refractivity contribution is 0.724. The van der Waals surface area contributed by atoms with E-state index in [0.717, 1.165) is 67.4 Å². The molecular formula is C52H40N10. The zero-order valence-electron chi connectivity index (χ0n) is 33.6. The molecule has 0 aliphatic rings. The Kier molecular flexibility index (Phi) is 11.0. The fraction of sp³-hybridized carbons (Fsp3) is 0. The lowest BCUT2D eigenvalue weighted by atomic mass is 10.0. The normalized spacial score (nSPS) is 11.5. The fourth-order valence-electron chi connectivity index (χ4n) is 7.32. The van der Waals surface area contributed by atoms with Gasteiger partial charge in [-0.05, 0) is 108 Å². The number of nitrogens with two attached hydrogens (primary N) is 1. The van der Waals surface area contributed by atoms with Crippen LogP contribution in [0.4, 0.5) is 45.6 Å². The van der Waals surface area contributed by atoms with Crippen molar-refractivity contribution in [2.45, 2.75) is 0 Å². The standard InChI is InChI=1S/C52H40N10/c1-3-16-39(4-2)60(40-17-8-5-9-18-40)43-31-27-37(28-32-43)45-23-14-25-47(53)51(45)57-55-49-35-36-50(56-54-49)62-58-48-26-15-24-46(52(48)59-62)38-29-33-44(34-30-38)61(41-19-10-6-11-20-41)42-21-12-7-13-22-42/h3-36H,1-2,53H2. The van der Waals surface area contributed by atoms with Gasteiger partial charge in [0, 0.05) is 45.3 Å². The summed E-state index contributed by atoms with van der Waals surface area (Å²) in [7, 11) is 0. The second kappa shape index (κ2) is 17.6. The number of fused-ring (bicyclic) bond motifs is 1. The molecule has 0 saturated carbocycles. The van der Waals surface area contributed by atoms with E-state index in [0.29, 0.717) is 23.0 Å². The van der Waals surface area contributed by atoms with E-state index in [4.69, 9.17) is 15.9 Å². The van der Waals surface area contributed by atoms with E-state index < -0.39 is 0 Å². The Labute approximate surface area is 359 Å². The third-order valence-electron chi connectivity index (χ3n) is 10.2. The molecule has 7 aromatic carbocycles. The van der Waals surface area contributed by atoms with E-state index in [1.54, 1.807) is 24.3 Å². The minimum atomic E-state index is 0.306. The minimum absolute atomic E-state index is 0.306. The molecule has 9 aromatic rings. The van der Waals surface area contributed by atoms with Crippen LogP contribution in [0.5, 0.6) is 0 Å². The molecule has 10 nitrogen and oxygen atoms in total. The molecule has 2 heterocycles. The third-order valence-corrected chi connectivity index (χ3v) is 10.2. The number of rotatable bonds is 13. The lowest BCUT2D eigenvalue weighted by Crippen LogP contribution is -2.14. The van der Waals surface area contributed by atoms with Gasteiger partial charge in [0.15, 0.2) is 11.6 Å². The fourth-order valence-corrected chi connectivity index (χ4v) is 7.32. The van der Waals surface area contributed by atoms with Gasteiger partial charge in [-0.15, -0.1) is 35.4 Å². The summed E-state index contributed by atoms with van der Waals surface area (Å²) in [6.07, 6.45) is 5.49. The number of nitrogens with zero attached hydrogens (tertiary/aromatic N) is 9. The number of nitrogen functional groups attached to an aromatic ring is 1. The topological polar surface area (TPSA) is 114 Å². The van der Waals surface area contributed by atoms with Gasteiger partial charge < -0.3 is 15.5 Å². The van der Waals surface area contributed by atoms with Gasteiger partial charge in [-0.2, -0.15) is 0 Å². The molecule has 10 heteroatoms. The maximum absolute atomic E-state index is 6.48. The number of para-hydroxylation sites is 3. The lowest BCUT2D eigenvalue weighted by Gasteiger charge is -2.26. The Balaban J connectivity index is 0.952. The van der Waals surface area contributed by atoms with Crippen molar-refractivity contribution in [2.75, 3.05) is 15.5 Å². The molecule has 2 aromatic heterocycles. The number of allylic oxidation sites excluding steroid dienone is 3. The molecule has 0 bridgehead atoms. The van der Waals surface area contributed by atoms with Gasteiger partial charge in [0.05, 0.1) is 5.69 Å². The average Bonchev–Trinajstić information content (AvgIpc) is 3.78. The number of hydrogen-bond donors (Lipinski definition) is 1. The molecule has 0 amide bonds. The Bertz CT molecular complexity index is 2990. The van der Waals surface area contributed by atoms with Gasteiger partial charge >= 0.3 is 0 Å². The van der Waals surface area contributed by atoms with Crippen LogP contribution >= 0.6 is 0 Å². The highest BCUT2D eigenvalue weighted by Gasteiger charge is 2.17. The monoisotopic (exact) mass is 804 g/mol. The molecule has 0 spiro atoms. The van der Waals surface area contributed by atoms with Crippen LogP contribution in [-0.2, 0) is 0 Å². The van der Waals surface area contributed by atoms with Gasteiger partial charge in [0.2, 0.25) is 0 Å². The van der Waals surface area contributed by atoms with Gasteiger partial charge in [0.1, 0.15) is 16.7 Å². The van der Waals surface area contributed by atoms with E-state index in [9.17, 15) is 0 Å². The quantitative estimate of drug-likeness (QED) is 0.0701. The van der Waals surface area contributed by atoms with Crippen molar-refractivity contribution in [1.29, 1.82) is 0 Å². The van der Waals surface area contributed by atoms with Crippen molar-refractivity contribution in [2.24, 2.45) is 10.2 Å². The van der Waals surface area contributed by atoms with Crippen LogP contribution in [0.1, 0.15) is 0 Å². The molecule has 0 atom stereocenters. The maximum Gasteiger partial charge on any atom is 0.196 e. The third kappa shape index (κ3) is 7.99. The van der Waals surface area contributed by atoms with Crippen molar-refractivity contribution in [1.82, 2.24) is 25.2 Å². The Morgan fingerprint density at radius 2 is 1.10 bits per heavy atom. The van der Waals surface area contributed by atoms with Gasteiger partial charge in [0.25, 0.3) is 0 Å². The molecular weight excluding hydrogens is 765 g/mol. The first-order valence-electron chi connectivity index (χ1n) is 20.0. The number of benzene rings is 7. The van der Waals surface area contributed by atoms with E-state index >= 15 is 0 Å². The molecule has 0 aliphatic carbocycles. The molecule has 298 valence electrons. The van der Waals surface area contributed by atoms with Crippen molar-refractivity contribution in [3.63, 3.8) is 0 Å². The minimum Gasteiger partial charge on any atom is -0.397 e. The summed E-state index contributed by atoms with van der Waals surface area (Å²) < 4.78 is 0. The first kappa shape index (κ1) is 38.7. The van der Waals surface area contributed by atoms with E-state index in [-0.39, 0.29) is 0 Å². The van der Waals surface area contributed by atoms with Crippen LogP contribution in [0.25, 0.3) is 39.1 Å². The Morgan fingerprint density at radius 1 is 0.532 bits per heavy atom. The van der Waals surface area contributed by atoms with Crippen molar-refractivity contribution in [3.05, 3.63) is 225 Å². The summed E-state index contributed by atoms with van der Waals surface area (Å²) in [5.41, 5.74) is 18.7. The largest absolute Gasteiger partial charge is 0.397 e. The average molecular weight is 805 g/mol. The van der Waals surface area contributed by atoms with Gasteiger partial charge in [-0.3, -0.25) is 0 Å². The predicted octanol–water partition coefficient (Wildman–Crippen LogP) is 13.4.